The number of hydrogen-bond donors (Lipinski definition) is 0. The van der Waals surface area contributed by atoms with Crippen molar-refractivity contribution in [2.45, 2.75) is 44.0 Å². The molecule has 0 aliphatic carbocycles. The standard InChI is InChI=1S/C23H30N4O3S/c1-17(2)14-18-4-6-20(7-5-18)31(28,29)26-11-9-19(16-26)23-25-21-8-10-24-15-22(21)27(23)12-13-30-3/h4-8,10,15,17,19H,9,11-14,16H2,1-3H3/t19-/m0/s1. The van der Waals surface area contributed by atoms with Crippen molar-refractivity contribution < 1.29 is 13.2 Å². The Morgan fingerprint density at radius 1 is 1.19 bits per heavy atom. The van der Waals surface area contributed by atoms with Crippen LogP contribution in [-0.2, 0) is 27.7 Å². The number of aromatic nitrogens is 3. The van der Waals surface area contributed by atoms with E-state index in [1.807, 2.05) is 24.4 Å². The average molecular weight is 443 g/mol. The summed E-state index contributed by atoms with van der Waals surface area (Å²) in [5.41, 5.74) is 2.99. The van der Waals surface area contributed by atoms with E-state index in [-0.39, 0.29) is 5.92 Å². The van der Waals surface area contributed by atoms with Gasteiger partial charge in [-0.2, -0.15) is 4.31 Å². The van der Waals surface area contributed by atoms with Gasteiger partial charge in [-0.15, -0.1) is 0 Å². The predicted octanol–water partition coefficient (Wildman–Crippen LogP) is 3.45. The van der Waals surface area contributed by atoms with Gasteiger partial charge in [-0.1, -0.05) is 26.0 Å². The highest BCUT2D eigenvalue weighted by Crippen LogP contribution is 2.32. The Bertz CT molecular complexity index is 1140. The molecule has 1 aromatic carbocycles. The molecule has 3 heterocycles. The fourth-order valence-corrected chi connectivity index (χ4v) is 5.79. The summed E-state index contributed by atoms with van der Waals surface area (Å²) in [7, 11) is -1.85. The maximum atomic E-state index is 13.2. The minimum absolute atomic E-state index is 0.0410. The molecule has 4 rings (SSSR count). The Morgan fingerprint density at radius 2 is 1.97 bits per heavy atom. The Hall–Kier alpha value is -2.29. The van der Waals surface area contributed by atoms with Gasteiger partial charge in [0.2, 0.25) is 10.0 Å². The SMILES string of the molecule is COCCn1c([C@H]2CCN(S(=O)(=O)c3ccc(CC(C)C)cc3)C2)nc2ccncc21. The normalized spacial score (nSPS) is 17.7. The zero-order valence-corrected chi connectivity index (χ0v) is 19.2. The third-order valence-electron chi connectivity index (χ3n) is 5.82. The fraction of sp³-hybridized carbons (Fsp3) is 0.478. The lowest BCUT2D eigenvalue weighted by atomic mass is 10.0. The second-order valence-corrected chi connectivity index (χ2v) is 10.5. The molecule has 0 bridgehead atoms. The molecular formula is C23H30N4O3S. The van der Waals surface area contributed by atoms with Crippen molar-refractivity contribution in [3.8, 4) is 0 Å². The minimum Gasteiger partial charge on any atom is -0.383 e. The number of rotatable bonds is 8. The van der Waals surface area contributed by atoms with E-state index in [2.05, 4.69) is 23.4 Å². The van der Waals surface area contributed by atoms with Crippen LogP contribution in [0.25, 0.3) is 11.0 Å². The van der Waals surface area contributed by atoms with Crippen LogP contribution in [0.1, 0.15) is 37.6 Å². The predicted molar refractivity (Wildman–Crippen MR) is 121 cm³/mol. The van der Waals surface area contributed by atoms with Crippen molar-refractivity contribution in [3.63, 3.8) is 0 Å². The molecule has 166 valence electrons. The summed E-state index contributed by atoms with van der Waals surface area (Å²) in [6.45, 7) is 6.46. The van der Waals surface area contributed by atoms with Crippen LogP contribution in [0.15, 0.2) is 47.6 Å². The summed E-state index contributed by atoms with van der Waals surface area (Å²) >= 11 is 0. The van der Waals surface area contributed by atoms with E-state index in [1.54, 1.807) is 29.7 Å². The van der Waals surface area contributed by atoms with Gasteiger partial charge >= 0.3 is 0 Å². The molecule has 0 N–H and O–H groups in total. The van der Waals surface area contributed by atoms with Gasteiger partial charge in [0.1, 0.15) is 5.82 Å². The maximum Gasteiger partial charge on any atom is 0.243 e. The van der Waals surface area contributed by atoms with Gasteiger partial charge in [0.05, 0.1) is 28.7 Å². The Morgan fingerprint density at radius 3 is 2.68 bits per heavy atom. The molecule has 1 saturated heterocycles. The molecule has 8 heteroatoms. The van der Waals surface area contributed by atoms with Crippen LogP contribution in [0, 0.1) is 5.92 Å². The van der Waals surface area contributed by atoms with E-state index >= 15 is 0 Å². The van der Waals surface area contributed by atoms with Crippen LogP contribution in [0.5, 0.6) is 0 Å². The largest absolute Gasteiger partial charge is 0.383 e. The highest BCUT2D eigenvalue weighted by molar-refractivity contribution is 7.89. The van der Waals surface area contributed by atoms with Gasteiger partial charge in [-0.25, -0.2) is 13.4 Å². The Kier molecular flexibility index (Phi) is 6.41. The summed E-state index contributed by atoms with van der Waals surface area (Å²) in [6.07, 6.45) is 5.23. The molecule has 1 atom stereocenters. The van der Waals surface area contributed by atoms with Crippen molar-refractivity contribution in [1.82, 2.24) is 18.8 Å². The van der Waals surface area contributed by atoms with Gasteiger partial charge in [-0.3, -0.25) is 4.98 Å². The van der Waals surface area contributed by atoms with Gasteiger partial charge in [-0.05, 0) is 42.5 Å². The molecule has 1 aliphatic rings. The van der Waals surface area contributed by atoms with Crippen molar-refractivity contribution >= 4 is 21.1 Å². The number of fused-ring (bicyclic) bond motifs is 1. The molecule has 3 aromatic rings. The molecule has 31 heavy (non-hydrogen) atoms. The molecule has 0 saturated carbocycles. The van der Waals surface area contributed by atoms with Crippen LogP contribution < -0.4 is 0 Å². The van der Waals surface area contributed by atoms with Crippen LogP contribution in [0.2, 0.25) is 0 Å². The number of imidazole rings is 1. The van der Waals surface area contributed by atoms with E-state index in [4.69, 9.17) is 9.72 Å². The van der Waals surface area contributed by atoms with Crippen LogP contribution in [0.3, 0.4) is 0 Å². The van der Waals surface area contributed by atoms with E-state index in [9.17, 15) is 8.42 Å². The molecule has 0 unspecified atom stereocenters. The van der Waals surface area contributed by atoms with E-state index in [0.29, 0.717) is 37.1 Å². The van der Waals surface area contributed by atoms with Gasteiger partial charge in [0.15, 0.2) is 0 Å². The molecule has 1 aliphatic heterocycles. The molecule has 0 radical (unpaired) electrons. The van der Waals surface area contributed by atoms with Crippen molar-refractivity contribution in [3.05, 3.63) is 54.1 Å². The summed E-state index contributed by atoms with van der Waals surface area (Å²) in [5, 5.41) is 0. The lowest BCUT2D eigenvalue weighted by Gasteiger charge is -2.18. The van der Waals surface area contributed by atoms with Crippen molar-refractivity contribution in [2.75, 3.05) is 26.8 Å². The third-order valence-corrected chi connectivity index (χ3v) is 7.70. The van der Waals surface area contributed by atoms with E-state index in [0.717, 1.165) is 35.3 Å². The summed E-state index contributed by atoms with van der Waals surface area (Å²) in [4.78, 5) is 9.41. The first kappa shape index (κ1) is 21.9. The van der Waals surface area contributed by atoms with Crippen LogP contribution in [-0.4, -0.2) is 54.1 Å². The van der Waals surface area contributed by atoms with Crippen molar-refractivity contribution in [1.29, 1.82) is 0 Å². The molecule has 0 amide bonds. The fourth-order valence-electron chi connectivity index (χ4n) is 4.29. The first-order valence-electron chi connectivity index (χ1n) is 10.8. The van der Waals surface area contributed by atoms with Gasteiger partial charge < -0.3 is 9.30 Å². The number of benzene rings is 1. The molecule has 7 nitrogen and oxygen atoms in total. The quantitative estimate of drug-likeness (QED) is 0.534. The number of nitrogens with zero attached hydrogens (tertiary/aromatic N) is 4. The third kappa shape index (κ3) is 4.51. The second kappa shape index (κ2) is 9.06. The smallest absolute Gasteiger partial charge is 0.243 e. The number of hydrogen-bond acceptors (Lipinski definition) is 5. The van der Waals surface area contributed by atoms with E-state index < -0.39 is 10.0 Å². The maximum absolute atomic E-state index is 13.2. The number of pyridine rings is 1. The monoisotopic (exact) mass is 442 g/mol. The first-order chi connectivity index (χ1) is 14.9. The minimum atomic E-state index is -3.53. The van der Waals surface area contributed by atoms with Crippen LogP contribution in [0.4, 0.5) is 0 Å². The molecular weight excluding hydrogens is 412 g/mol. The van der Waals surface area contributed by atoms with E-state index in [1.165, 1.54) is 0 Å². The van der Waals surface area contributed by atoms with Crippen molar-refractivity contribution in [2.24, 2.45) is 5.92 Å². The molecule has 0 spiro atoms. The summed E-state index contributed by atoms with van der Waals surface area (Å²) in [5.74, 6) is 1.48. The Labute approximate surface area is 184 Å². The Balaban J connectivity index is 1.56. The zero-order valence-electron chi connectivity index (χ0n) is 18.4. The second-order valence-electron chi connectivity index (χ2n) is 8.57. The number of ether oxygens (including phenoxy) is 1. The average Bonchev–Trinajstić information content (AvgIpc) is 3.37. The topological polar surface area (TPSA) is 77.3 Å². The first-order valence-corrected chi connectivity index (χ1v) is 12.2. The number of sulfonamides is 1. The summed E-state index contributed by atoms with van der Waals surface area (Å²) < 4.78 is 35.5. The van der Waals surface area contributed by atoms with Gasteiger partial charge in [0.25, 0.3) is 0 Å². The highest BCUT2D eigenvalue weighted by atomic mass is 32.2. The number of methoxy groups -OCH3 is 1. The zero-order chi connectivity index (χ0) is 22.0. The lowest BCUT2D eigenvalue weighted by Crippen LogP contribution is -2.29. The summed E-state index contributed by atoms with van der Waals surface area (Å²) in [6, 6.07) is 9.22. The molecule has 1 fully saturated rings. The van der Waals surface area contributed by atoms with Gasteiger partial charge in [0, 0.05) is 38.9 Å². The lowest BCUT2D eigenvalue weighted by molar-refractivity contribution is 0.187. The highest BCUT2D eigenvalue weighted by Gasteiger charge is 2.35. The molecule has 2 aromatic heterocycles. The van der Waals surface area contributed by atoms with Crippen LogP contribution >= 0.6 is 0 Å².